The van der Waals surface area contributed by atoms with Crippen molar-refractivity contribution in [2.24, 2.45) is 0 Å². The smallest absolute Gasteiger partial charge is 0.317 e. The number of halogens is 3. The normalized spacial score (nSPS) is 11.9. The maximum atomic E-state index is 13.9. The molecule has 0 aliphatic heterocycles. The van der Waals surface area contributed by atoms with Gasteiger partial charge in [-0.15, -0.1) is 0 Å². The van der Waals surface area contributed by atoms with Crippen molar-refractivity contribution < 1.29 is 9.18 Å². The van der Waals surface area contributed by atoms with Crippen LogP contribution in [0.25, 0.3) is 16.6 Å². The highest BCUT2D eigenvalue weighted by atomic mass is 35.5. The molecule has 34 heavy (non-hydrogen) atoms. The van der Waals surface area contributed by atoms with Crippen LogP contribution in [0.3, 0.4) is 0 Å². The van der Waals surface area contributed by atoms with Crippen LogP contribution in [-0.4, -0.2) is 27.5 Å². The van der Waals surface area contributed by atoms with Crippen LogP contribution in [0.4, 0.5) is 14.9 Å². The van der Waals surface area contributed by atoms with Crippen LogP contribution < -0.4 is 10.9 Å². The van der Waals surface area contributed by atoms with Crippen LogP contribution in [0.2, 0.25) is 10.0 Å². The Morgan fingerprint density at radius 1 is 1.12 bits per heavy atom. The van der Waals surface area contributed by atoms with E-state index < -0.39 is 17.9 Å². The maximum Gasteiger partial charge on any atom is 0.322 e. The third-order valence-electron chi connectivity index (χ3n) is 5.51. The SMILES string of the molecule is CCC(c1nc2ccccc2c(=O)n1-c1ccc(F)c(Cl)c1)N(C)C(=O)Nc1cccc(Cl)c1. The average molecular weight is 499 g/mol. The molecule has 174 valence electrons. The van der Waals surface area contributed by atoms with Gasteiger partial charge in [-0.2, -0.15) is 0 Å². The van der Waals surface area contributed by atoms with Crippen molar-refractivity contribution in [3.63, 3.8) is 0 Å². The Labute approximate surface area is 205 Å². The van der Waals surface area contributed by atoms with Gasteiger partial charge in [0.05, 0.1) is 27.7 Å². The third-order valence-corrected chi connectivity index (χ3v) is 6.04. The summed E-state index contributed by atoms with van der Waals surface area (Å²) in [6.07, 6.45) is 0.458. The first kappa shape index (κ1) is 23.7. The summed E-state index contributed by atoms with van der Waals surface area (Å²) in [6.45, 7) is 1.89. The number of amides is 2. The van der Waals surface area contributed by atoms with E-state index in [1.54, 1.807) is 55.6 Å². The van der Waals surface area contributed by atoms with Crippen LogP contribution in [0.1, 0.15) is 25.2 Å². The number of aromatic nitrogens is 2. The molecule has 0 spiro atoms. The number of nitrogens with zero attached hydrogens (tertiary/aromatic N) is 3. The molecule has 0 fully saturated rings. The van der Waals surface area contributed by atoms with Gasteiger partial charge >= 0.3 is 6.03 Å². The molecule has 9 heteroatoms. The van der Waals surface area contributed by atoms with E-state index in [1.807, 2.05) is 6.92 Å². The highest BCUT2D eigenvalue weighted by Gasteiger charge is 2.27. The number of para-hydroxylation sites is 1. The lowest BCUT2D eigenvalue weighted by Gasteiger charge is -2.29. The number of carbonyl (C=O) groups is 1. The molecule has 1 aromatic heterocycles. The second-order valence-corrected chi connectivity index (χ2v) is 8.55. The van der Waals surface area contributed by atoms with Gasteiger partial charge in [-0.25, -0.2) is 14.2 Å². The monoisotopic (exact) mass is 498 g/mol. The summed E-state index contributed by atoms with van der Waals surface area (Å²) in [4.78, 5) is 32.8. The standard InChI is InChI=1S/C25H21Cl2FN4O2/c1-3-22(31(2)25(34)29-16-8-6-7-15(26)13-16)23-30-21-10-5-4-9-18(21)24(33)32(23)17-11-12-20(28)19(27)14-17/h4-14,22H,3H2,1-2H3,(H,29,34). The summed E-state index contributed by atoms with van der Waals surface area (Å²) in [5, 5.41) is 3.58. The summed E-state index contributed by atoms with van der Waals surface area (Å²) in [6, 6.07) is 16.8. The predicted octanol–water partition coefficient (Wildman–Crippen LogP) is 6.45. The molecule has 0 aliphatic rings. The van der Waals surface area contributed by atoms with Crippen molar-refractivity contribution in [1.29, 1.82) is 0 Å². The molecule has 0 saturated heterocycles. The molecule has 0 saturated carbocycles. The second-order valence-electron chi connectivity index (χ2n) is 7.70. The zero-order chi connectivity index (χ0) is 24.4. The van der Waals surface area contributed by atoms with E-state index in [9.17, 15) is 14.0 Å². The molecule has 1 heterocycles. The third kappa shape index (κ3) is 4.62. The Morgan fingerprint density at radius 3 is 2.59 bits per heavy atom. The Morgan fingerprint density at radius 2 is 1.88 bits per heavy atom. The largest absolute Gasteiger partial charge is 0.322 e. The molecular formula is C25H21Cl2FN4O2. The van der Waals surface area contributed by atoms with Crippen molar-refractivity contribution in [3.05, 3.63) is 98.8 Å². The summed E-state index contributed by atoms with van der Waals surface area (Å²) >= 11 is 12.0. The molecule has 6 nitrogen and oxygen atoms in total. The van der Waals surface area contributed by atoms with Gasteiger partial charge < -0.3 is 10.2 Å². The minimum absolute atomic E-state index is 0.122. The molecule has 4 aromatic rings. The lowest BCUT2D eigenvalue weighted by atomic mass is 10.1. The van der Waals surface area contributed by atoms with Gasteiger partial charge in [-0.3, -0.25) is 9.36 Å². The summed E-state index contributed by atoms with van der Waals surface area (Å²) in [5.74, 6) is -0.267. The van der Waals surface area contributed by atoms with Crippen molar-refractivity contribution in [1.82, 2.24) is 14.5 Å². The van der Waals surface area contributed by atoms with Gasteiger partial charge in [0.2, 0.25) is 0 Å². The molecule has 0 bridgehead atoms. The molecule has 1 atom stereocenters. The number of hydrogen-bond donors (Lipinski definition) is 1. The van der Waals surface area contributed by atoms with E-state index in [1.165, 1.54) is 27.7 Å². The van der Waals surface area contributed by atoms with Gasteiger partial charge in [0.25, 0.3) is 5.56 Å². The molecule has 2 amide bonds. The van der Waals surface area contributed by atoms with Crippen molar-refractivity contribution in [3.8, 4) is 5.69 Å². The van der Waals surface area contributed by atoms with Gasteiger partial charge in [0.15, 0.2) is 0 Å². The molecule has 0 aliphatic carbocycles. The fourth-order valence-electron chi connectivity index (χ4n) is 3.80. The molecule has 3 aromatic carbocycles. The fraction of sp³-hybridized carbons (Fsp3) is 0.160. The van der Waals surface area contributed by atoms with Crippen molar-refractivity contribution in [2.45, 2.75) is 19.4 Å². The first-order valence-corrected chi connectivity index (χ1v) is 11.3. The van der Waals surface area contributed by atoms with Crippen LogP contribution in [0.15, 0.2) is 71.5 Å². The number of carbonyl (C=O) groups excluding carboxylic acids is 1. The lowest BCUT2D eigenvalue weighted by Crippen LogP contribution is -2.38. The van der Waals surface area contributed by atoms with Gasteiger partial charge in [-0.05, 0) is 55.0 Å². The van der Waals surface area contributed by atoms with Crippen LogP contribution in [0, 0.1) is 5.82 Å². The number of rotatable bonds is 5. The van der Waals surface area contributed by atoms with Gasteiger partial charge in [-0.1, -0.05) is 48.3 Å². The van der Waals surface area contributed by atoms with E-state index in [0.29, 0.717) is 39.5 Å². The van der Waals surface area contributed by atoms with E-state index in [2.05, 4.69) is 5.32 Å². The van der Waals surface area contributed by atoms with Crippen molar-refractivity contribution in [2.75, 3.05) is 12.4 Å². The molecule has 4 rings (SSSR count). The average Bonchev–Trinajstić information content (AvgIpc) is 2.81. The van der Waals surface area contributed by atoms with Gasteiger partial charge in [0.1, 0.15) is 11.6 Å². The Bertz CT molecular complexity index is 1440. The zero-order valence-corrected chi connectivity index (χ0v) is 19.9. The predicted molar refractivity (Wildman–Crippen MR) is 134 cm³/mol. The number of benzene rings is 3. The first-order chi connectivity index (χ1) is 16.3. The number of anilines is 1. The zero-order valence-electron chi connectivity index (χ0n) is 18.4. The fourth-order valence-corrected chi connectivity index (χ4v) is 4.16. The number of hydrogen-bond acceptors (Lipinski definition) is 3. The Balaban J connectivity index is 1.84. The minimum Gasteiger partial charge on any atom is -0.317 e. The molecule has 0 radical (unpaired) electrons. The summed E-state index contributed by atoms with van der Waals surface area (Å²) in [5.41, 5.74) is 1.04. The number of urea groups is 1. The highest BCUT2D eigenvalue weighted by Crippen LogP contribution is 2.27. The Hall–Kier alpha value is -3.42. The quantitative estimate of drug-likeness (QED) is 0.343. The molecule has 1 unspecified atom stereocenters. The van der Waals surface area contributed by atoms with Crippen LogP contribution in [-0.2, 0) is 0 Å². The van der Waals surface area contributed by atoms with Crippen molar-refractivity contribution >= 4 is 45.8 Å². The maximum absolute atomic E-state index is 13.9. The molecular weight excluding hydrogens is 478 g/mol. The Kier molecular flexibility index (Phi) is 6.86. The van der Waals surface area contributed by atoms with Crippen LogP contribution in [0.5, 0.6) is 0 Å². The highest BCUT2D eigenvalue weighted by molar-refractivity contribution is 6.31. The van der Waals surface area contributed by atoms with Gasteiger partial charge in [0, 0.05) is 17.8 Å². The first-order valence-electron chi connectivity index (χ1n) is 10.6. The van der Waals surface area contributed by atoms with E-state index in [0.717, 1.165) is 0 Å². The summed E-state index contributed by atoms with van der Waals surface area (Å²) in [7, 11) is 1.62. The molecule has 1 N–H and O–H groups in total. The van der Waals surface area contributed by atoms with Crippen LogP contribution >= 0.6 is 23.2 Å². The number of fused-ring (bicyclic) bond motifs is 1. The van der Waals surface area contributed by atoms with E-state index in [4.69, 9.17) is 28.2 Å². The minimum atomic E-state index is -0.598. The lowest BCUT2D eigenvalue weighted by molar-refractivity contribution is 0.199. The van der Waals surface area contributed by atoms with E-state index >= 15 is 0 Å². The number of nitrogens with one attached hydrogen (secondary N) is 1. The topological polar surface area (TPSA) is 67.2 Å². The summed E-state index contributed by atoms with van der Waals surface area (Å²) < 4.78 is 15.2. The van der Waals surface area contributed by atoms with E-state index in [-0.39, 0.29) is 10.6 Å². The second kappa shape index (κ2) is 9.83.